The van der Waals surface area contributed by atoms with Crippen LogP contribution in [0.5, 0.6) is 0 Å². The number of thioether (sulfide) groups is 1. The van der Waals surface area contributed by atoms with Gasteiger partial charge in [-0.3, -0.25) is 9.59 Å². The van der Waals surface area contributed by atoms with Crippen molar-refractivity contribution in [1.29, 1.82) is 0 Å². The standard InChI is InChI=1S/C19H16N2O6S/c22-16(7-8-18(24)25)20-14-5-2-6-15(10-14)28-11-17(23)21-13-4-1-3-12(9-13)19(26)27/h1-10H,11H2,(H,20,22)(H,21,23)(H,24,25)(H,26,27)/b8-7+. The van der Waals surface area contributed by atoms with Crippen LogP contribution in [0.25, 0.3) is 0 Å². The molecule has 2 amide bonds. The van der Waals surface area contributed by atoms with Crippen molar-refractivity contribution in [1.82, 2.24) is 0 Å². The number of benzene rings is 2. The van der Waals surface area contributed by atoms with Gasteiger partial charge in [-0.15, -0.1) is 11.8 Å². The molecule has 8 nitrogen and oxygen atoms in total. The zero-order chi connectivity index (χ0) is 20.5. The van der Waals surface area contributed by atoms with Crippen molar-refractivity contribution in [3.8, 4) is 0 Å². The van der Waals surface area contributed by atoms with Crippen LogP contribution in [0.15, 0.2) is 65.6 Å². The average Bonchev–Trinajstić information content (AvgIpc) is 2.65. The van der Waals surface area contributed by atoms with E-state index in [2.05, 4.69) is 10.6 Å². The normalized spacial score (nSPS) is 10.4. The monoisotopic (exact) mass is 400 g/mol. The van der Waals surface area contributed by atoms with E-state index in [1.807, 2.05) is 0 Å². The highest BCUT2D eigenvalue weighted by atomic mass is 32.2. The summed E-state index contributed by atoms with van der Waals surface area (Å²) in [6, 6.07) is 12.7. The van der Waals surface area contributed by atoms with Crippen LogP contribution >= 0.6 is 11.8 Å². The first-order chi connectivity index (χ1) is 13.3. The largest absolute Gasteiger partial charge is 0.478 e. The van der Waals surface area contributed by atoms with Gasteiger partial charge in [0.2, 0.25) is 11.8 Å². The van der Waals surface area contributed by atoms with E-state index in [4.69, 9.17) is 10.2 Å². The molecule has 0 aliphatic heterocycles. The second-order valence-corrected chi connectivity index (χ2v) is 6.46. The second-order valence-electron chi connectivity index (χ2n) is 5.41. The van der Waals surface area contributed by atoms with E-state index in [1.54, 1.807) is 30.3 Å². The Hall–Kier alpha value is -3.59. The minimum Gasteiger partial charge on any atom is -0.478 e. The molecule has 0 saturated carbocycles. The fourth-order valence-corrected chi connectivity index (χ4v) is 2.83. The van der Waals surface area contributed by atoms with Crippen molar-refractivity contribution >= 4 is 46.9 Å². The van der Waals surface area contributed by atoms with E-state index in [1.165, 1.54) is 30.0 Å². The smallest absolute Gasteiger partial charge is 0.335 e. The van der Waals surface area contributed by atoms with Crippen LogP contribution in [0, 0.1) is 0 Å². The van der Waals surface area contributed by atoms with Crippen molar-refractivity contribution in [2.45, 2.75) is 4.90 Å². The van der Waals surface area contributed by atoms with E-state index in [9.17, 15) is 19.2 Å². The van der Waals surface area contributed by atoms with Gasteiger partial charge in [-0.2, -0.15) is 0 Å². The lowest BCUT2D eigenvalue weighted by molar-refractivity contribution is -0.131. The summed E-state index contributed by atoms with van der Waals surface area (Å²) in [6.45, 7) is 0. The quantitative estimate of drug-likeness (QED) is 0.395. The Balaban J connectivity index is 1.91. The second kappa shape index (κ2) is 9.93. The summed E-state index contributed by atoms with van der Waals surface area (Å²) in [5.41, 5.74) is 0.919. The molecule has 2 rings (SSSR count). The Morgan fingerprint density at radius 1 is 0.893 bits per heavy atom. The number of carbonyl (C=O) groups is 4. The molecule has 0 aliphatic carbocycles. The molecule has 0 unspecified atom stereocenters. The molecule has 4 N–H and O–H groups in total. The van der Waals surface area contributed by atoms with E-state index >= 15 is 0 Å². The summed E-state index contributed by atoms with van der Waals surface area (Å²) in [5, 5.41) is 22.6. The molecule has 0 atom stereocenters. The number of rotatable bonds is 8. The molecular formula is C19H16N2O6S. The van der Waals surface area contributed by atoms with Gasteiger partial charge < -0.3 is 20.8 Å². The summed E-state index contributed by atoms with van der Waals surface area (Å²) in [7, 11) is 0. The Kier molecular flexibility index (Phi) is 7.35. The Morgan fingerprint density at radius 3 is 2.25 bits per heavy atom. The van der Waals surface area contributed by atoms with Crippen molar-refractivity contribution in [3.05, 3.63) is 66.2 Å². The van der Waals surface area contributed by atoms with Crippen molar-refractivity contribution in [3.63, 3.8) is 0 Å². The Labute approximate surface area is 164 Å². The Bertz CT molecular complexity index is 942. The highest BCUT2D eigenvalue weighted by molar-refractivity contribution is 8.00. The van der Waals surface area contributed by atoms with Crippen molar-refractivity contribution < 1.29 is 29.4 Å². The van der Waals surface area contributed by atoms with Crippen LogP contribution in [0.2, 0.25) is 0 Å². The number of aliphatic carboxylic acids is 1. The molecule has 0 heterocycles. The maximum Gasteiger partial charge on any atom is 0.335 e. The molecule has 0 fully saturated rings. The molecule has 0 spiro atoms. The predicted octanol–water partition coefficient (Wildman–Crippen LogP) is 2.69. The van der Waals surface area contributed by atoms with Gasteiger partial charge in [-0.05, 0) is 36.4 Å². The summed E-state index contributed by atoms with van der Waals surface area (Å²) in [6.07, 6.45) is 1.64. The summed E-state index contributed by atoms with van der Waals surface area (Å²) < 4.78 is 0. The summed E-state index contributed by atoms with van der Waals surface area (Å²) >= 11 is 1.23. The number of hydrogen-bond acceptors (Lipinski definition) is 5. The third-order valence-corrected chi connectivity index (χ3v) is 4.24. The van der Waals surface area contributed by atoms with E-state index in [0.717, 1.165) is 17.0 Å². The molecule has 0 saturated heterocycles. The fourth-order valence-electron chi connectivity index (χ4n) is 2.07. The topological polar surface area (TPSA) is 133 Å². The van der Waals surface area contributed by atoms with Gasteiger partial charge in [0.1, 0.15) is 0 Å². The van der Waals surface area contributed by atoms with Crippen molar-refractivity contribution in [2.24, 2.45) is 0 Å². The zero-order valence-corrected chi connectivity index (χ0v) is 15.2. The third kappa shape index (κ3) is 6.96. The van der Waals surface area contributed by atoms with Crippen LogP contribution in [-0.2, 0) is 14.4 Å². The lowest BCUT2D eigenvalue weighted by atomic mass is 10.2. The molecule has 2 aromatic carbocycles. The van der Waals surface area contributed by atoms with Gasteiger partial charge in [0.15, 0.2) is 0 Å². The highest BCUT2D eigenvalue weighted by Crippen LogP contribution is 2.22. The van der Waals surface area contributed by atoms with Gasteiger partial charge in [0.25, 0.3) is 0 Å². The lowest BCUT2D eigenvalue weighted by Gasteiger charge is -2.07. The highest BCUT2D eigenvalue weighted by Gasteiger charge is 2.08. The molecular weight excluding hydrogens is 384 g/mol. The number of carboxylic acid groups (broad SMARTS) is 2. The minimum atomic E-state index is -1.22. The first kappa shape index (κ1) is 20.7. The lowest BCUT2D eigenvalue weighted by Crippen LogP contribution is -2.14. The Morgan fingerprint density at radius 2 is 1.57 bits per heavy atom. The first-order valence-corrected chi connectivity index (χ1v) is 8.90. The number of aromatic carboxylic acids is 1. The van der Waals surface area contributed by atoms with Gasteiger partial charge in [0.05, 0.1) is 11.3 Å². The summed E-state index contributed by atoms with van der Waals surface area (Å²) in [4.78, 5) is 45.7. The van der Waals surface area contributed by atoms with Gasteiger partial charge in [-0.1, -0.05) is 12.1 Å². The number of hydrogen-bond donors (Lipinski definition) is 4. The molecule has 144 valence electrons. The maximum atomic E-state index is 12.1. The average molecular weight is 400 g/mol. The number of carbonyl (C=O) groups excluding carboxylic acids is 2. The van der Waals surface area contributed by atoms with Gasteiger partial charge in [0, 0.05) is 28.4 Å². The van der Waals surface area contributed by atoms with Crippen LogP contribution in [0.3, 0.4) is 0 Å². The molecule has 0 aromatic heterocycles. The molecule has 2 aromatic rings. The molecule has 9 heteroatoms. The number of carboxylic acids is 2. The van der Waals surface area contributed by atoms with E-state index < -0.39 is 17.8 Å². The van der Waals surface area contributed by atoms with Crippen LogP contribution in [0.4, 0.5) is 11.4 Å². The number of amides is 2. The molecule has 0 bridgehead atoms. The predicted molar refractivity (Wildman–Crippen MR) is 105 cm³/mol. The fraction of sp³-hybridized carbons (Fsp3) is 0.0526. The number of nitrogens with one attached hydrogen (secondary N) is 2. The SMILES string of the molecule is O=C(O)/C=C/C(=O)Nc1cccc(SCC(=O)Nc2cccc(C(=O)O)c2)c1. The van der Waals surface area contributed by atoms with E-state index in [0.29, 0.717) is 11.4 Å². The minimum absolute atomic E-state index is 0.0749. The van der Waals surface area contributed by atoms with E-state index in [-0.39, 0.29) is 17.2 Å². The van der Waals surface area contributed by atoms with Crippen LogP contribution in [-0.4, -0.2) is 39.7 Å². The first-order valence-electron chi connectivity index (χ1n) is 7.91. The zero-order valence-electron chi connectivity index (χ0n) is 14.4. The molecule has 28 heavy (non-hydrogen) atoms. The van der Waals surface area contributed by atoms with Crippen LogP contribution < -0.4 is 10.6 Å². The van der Waals surface area contributed by atoms with Gasteiger partial charge in [-0.25, -0.2) is 9.59 Å². The molecule has 0 aliphatic rings. The van der Waals surface area contributed by atoms with Gasteiger partial charge >= 0.3 is 11.9 Å². The third-order valence-electron chi connectivity index (χ3n) is 3.24. The maximum absolute atomic E-state index is 12.1. The van der Waals surface area contributed by atoms with Crippen molar-refractivity contribution in [2.75, 3.05) is 16.4 Å². The molecule has 0 radical (unpaired) electrons. The summed E-state index contributed by atoms with van der Waals surface area (Å²) in [5.74, 6) is -3.12. The van der Waals surface area contributed by atoms with Crippen LogP contribution in [0.1, 0.15) is 10.4 Å². The number of anilines is 2.